The Morgan fingerprint density at radius 3 is 1.83 bits per heavy atom. The van der Waals surface area contributed by atoms with Gasteiger partial charge < -0.3 is 22.1 Å². The fourth-order valence-corrected chi connectivity index (χ4v) is 1.29. The zero-order valence-electron chi connectivity index (χ0n) is 9.98. The van der Waals surface area contributed by atoms with E-state index in [0.29, 0.717) is 11.4 Å². The van der Waals surface area contributed by atoms with E-state index in [1.54, 1.807) is 6.07 Å². The predicted octanol–water partition coefficient (Wildman–Crippen LogP) is -0.344. The van der Waals surface area contributed by atoms with E-state index in [9.17, 15) is 9.59 Å². The van der Waals surface area contributed by atoms with Crippen LogP contribution in [0.2, 0.25) is 0 Å². The number of nitrogens with one attached hydrogen (secondary N) is 2. The van der Waals surface area contributed by atoms with Gasteiger partial charge in [0.1, 0.15) is 0 Å². The van der Waals surface area contributed by atoms with Crippen LogP contribution in [0.5, 0.6) is 0 Å². The summed E-state index contributed by atoms with van der Waals surface area (Å²) < 4.78 is 0. The molecule has 0 fully saturated rings. The normalized spacial score (nSPS) is 9.89. The molecule has 0 unspecified atom stereocenters. The minimum atomic E-state index is -0.190. The highest BCUT2D eigenvalue weighted by Gasteiger charge is 2.04. The molecule has 0 atom stereocenters. The maximum Gasteiger partial charge on any atom is 0.225 e. The Hall–Kier alpha value is -1.99. The lowest BCUT2D eigenvalue weighted by Gasteiger charge is -2.07. The van der Waals surface area contributed by atoms with Crippen LogP contribution in [0.25, 0.3) is 0 Å². The summed E-state index contributed by atoms with van der Waals surface area (Å²) in [7, 11) is 0. The Morgan fingerprint density at radius 1 is 1.00 bits per heavy atom. The molecular formula is C11H17N5O2. The van der Waals surface area contributed by atoms with Gasteiger partial charge in [-0.25, -0.2) is 0 Å². The van der Waals surface area contributed by atoms with E-state index in [-0.39, 0.29) is 37.7 Å². The number of hydrogen-bond donors (Lipinski definition) is 4. The minimum absolute atomic E-state index is 0.190. The smallest absolute Gasteiger partial charge is 0.225 e. The Labute approximate surface area is 105 Å². The maximum atomic E-state index is 11.3. The van der Waals surface area contributed by atoms with Gasteiger partial charge in [0.2, 0.25) is 11.8 Å². The second-order valence-corrected chi connectivity index (χ2v) is 3.64. The van der Waals surface area contributed by atoms with Crippen molar-refractivity contribution in [3.63, 3.8) is 0 Å². The van der Waals surface area contributed by atoms with Crippen molar-refractivity contribution in [3.05, 3.63) is 18.5 Å². The highest BCUT2D eigenvalue weighted by molar-refractivity contribution is 5.93. The first kappa shape index (κ1) is 14.1. The molecule has 0 bridgehead atoms. The molecular weight excluding hydrogens is 234 g/mol. The first-order valence-electron chi connectivity index (χ1n) is 5.60. The van der Waals surface area contributed by atoms with Gasteiger partial charge in [0.15, 0.2) is 0 Å². The molecule has 0 saturated carbocycles. The van der Waals surface area contributed by atoms with Crippen molar-refractivity contribution in [1.82, 2.24) is 4.98 Å². The van der Waals surface area contributed by atoms with Crippen LogP contribution < -0.4 is 22.1 Å². The lowest BCUT2D eigenvalue weighted by molar-refractivity contribution is -0.116. The van der Waals surface area contributed by atoms with E-state index >= 15 is 0 Å². The topological polar surface area (TPSA) is 123 Å². The number of amides is 2. The molecule has 0 aliphatic heterocycles. The third-order valence-electron chi connectivity index (χ3n) is 2.05. The molecule has 0 aliphatic carbocycles. The first-order valence-corrected chi connectivity index (χ1v) is 5.60. The molecule has 2 amide bonds. The van der Waals surface area contributed by atoms with E-state index in [1.165, 1.54) is 12.4 Å². The van der Waals surface area contributed by atoms with Crippen molar-refractivity contribution in [2.45, 2.75) is 12.8 Å². The largest absolute Gasteiger partial charge is 0.330 e. The van der Waals surface area contributed by atoms with Crippen molar-refractivity contribution in [2.24, 2.45) is 11.5 Å². The number of nitrogens with two attached hydrogens (primary N) is 2. The molecule has 0 saturated heterocycles. The van der Waals surface area contributed by atoms with Crippen molar-refractivity contribution in [1.29, 1.82) is 0 Å². The third-order valence-corrected chi connectivity index (χ3v) is 2.05. The summed E-state index contributed by atoms with van der Waals surface area (Å²) >= 11 is 0. The molecule has 0 aliphatic rings. The van der Waals surface area contributed by atoms with Crippen LogP contribution in [0, 0.1) is 0 Å². The molecule has 18 heavy (non-hydrogen) atoms. The molecule has 0 spiro atoms. The molecule has 7 heteroatoms. The Morgan fingerprint density at radius 2 is 1.44 bits per heavy atom. The molecule has 0 radical (unpaired) electrons. The van der Waals surface area contributed by atoms with Crippen LogP contribution in [0.3, 0.4) is 0 Å². The quantitative estimate of drug-likeness (QED) is 0.550. The number of pyridine rings is 1. The summed E-state index contributed by atoms with van der Waals surface area (Å²) in [6.45, 7) is 0.568. The molecule has 98 valence electrons. The number of hydrogen-bond acceptors (Lipinski definition) is 5. The van der Waals surface area contributed by atoms with Crippen LogP contribution in [0.15, 0.2) is 18.5 Å². The Bertz CT molecular complexity index is 386. The lowest BCUT2D eigenvalue weighted by atomic mass is 10.3. The first-order chi connectivity index (χ1) is 8.65. The van der Waals surface area contributed by atoms with Crippen molar-refractivity contribution < 1.29 is 9.59 Å². The van der Waals surface area contributed by atoms with Gasteiger partial charge >= 0.3 is 0 Å². The Kier molecular flexibility index (Phi) is 5.75. The predicted molar refractivity (Wildman–Crippen MR) is 68.8 cm³/mol. The van der Waals surface area contributed by atoms with Crippen LogP contribution in [-0.2, 0) is 9.59 Å². The van der Waals surface area contributed by atoms with Gasteiger partial charge in [0.05, 0.1) is 23.8 Å². The van der Waals surface area contributed by atoms with E-state index in [2.05, 4.69) is 15.6 Å². The van der Waals surface area contributed by atoms with Gasteiger partial charge in [-0.2, -0.15) is 0 Å². The number of carbonyl (C=O) groups excluding carboxylic acids is 2. The number of rotatable bonds is 6. The third kappa shape index (κ3) is 4.89. The second kappa shape index (κ2) is 7.36. The van der Waals surface area contributed by atoms with E-state index in [1.807, 2.05) is 0 Å². The summed E-state index contributed by atoms with van der Waals surface area (Å²) in [6, 6.07) is 1.62. The summed E-state index contributed by atoms with van der Waals surface area (Å²) in [4.78, 5) is 26.6. The van der Waals surface area contributed by atoms with Gasteiger partial charge in [0.25, 0.3) is 0 Å². The van der Waals surface area contributed by atoms with Crippen LogP contribution in [0.4, 0.5) is 11.4 Å². The molecule has 1 aromatic rings. The summed E-state index contributed by atoms with van der Waals surface area (Å²) in [6.07, 6.45) is 3.47. The molecule has 7 nitrogen and oxygen atoms in total. The Balaban J connectivity index is 2.61. The van der Waals surface area contributed by atoms with Crippen molar-refractivity contribution in [2.75, 3.05) is 23.7 Å². The zero-order valence-corrected chi connectivity index (χ0v) is 9.98. The number of nitrogens with zero attached hydrogens (tertiary/aromatic N) is 1. The van der Waals surface area contributed by atoms with Gasteiger partial charge in [-0.1, -0.05) is 0 Å². The highest BCUT2D eigenvalue weighted by atomic mass is 16.2. The van der Waals surface area contributed by atoms with Crippen LogP contribution in [-0.4, -0.2) is 29.9 Å². The summed E-state index contributed by atoms with van der Waals surface area (Å²) in [5.74, 6) is -0.380. The van der Waals surface area contributed by atoms with Crippen LogP contribution in [0.1, 0.15) is 12.8 Å². The van der Waals surface area contributed by atoms with E-state index in [4.69, 9.17) is 11.5 Å². The average Bonchev–Trinajstić information content (AvgIpc) is 2.29. The van der Waals surface area contributed by atoms with Crippen molar-refractivity contribution in [3.8, 4) is 0 Å². The number of anilines is 2. The minimum Gasteiger partial charge on any atom is -0.330 e. The van der Waals surface area contributed by atoms with E-state index < -0.39 is 0 Å². The molecule has 1 heterocycles. The molecule has 1 aromatic heterocycles. The summed E-state index contributed by atoms with van der Waals surface area (Å²) in [5.41, 5.74) is 11.6. The molecule has 6 N–H and O–H groups in total. The average molecular weight is 251 g/mol. The fraction of sp³-hybridized carbons (Fsp3) is 0.364. The zero-order chi connectivity index (χ0) is 13.4. The van der Waals surface area contributed by atoms with E-state index in [0.717, 1.165) is 0 Å². The van der Waals surface area contributed by atoms with Gasteiger partial charge in [-0.3, -0.25) is 14.6 Å². The fourth-order valence-electron chi connectivity index (χ4n) is 1.29. The number of carbonyl (C=O) groups is 2. The molecule has 0 aromatic carbocycles. The monoisotopic (exact) mass is 251 g/mol. The van der Waals surface area contributed by atoms with Gasteiger partial charge in [-0.05, 0) is 6.07 Å². The second-order valence-electron chi connectivity index (χ2n) is 3.64. The van der Waals surface area contributed by atoms with Gasteiger partial charge in [-0.15, -0.1) is 0 Å². The van der Waals surface area contributed by atoms with Crippen LogP contribution >= 0.6 is 0 Å². The maximum absolute atomic E-state index is 11.3. The van der Waals surface area contributed by atoms with Crippen molar-refractivity contribution >= 4 is 23.2 Å². The van der Waals surface area contributed by atoms with Gasteiger partial charge in [0, 0.05) is 25.9 Å². The lowest BCUT2D eigenvalue weighted by Crippen LogP contribution is -2.18. The number of aromatic nitrogens is 1. The summed E-state index contributed by atoms with van der Waals surface area (Å²) in [5, 5.41) is 5.26. The SMILES string of the molecule is NCCC(=O)Nc1cncc(NC(=O)CCN)c1. The standard InChI is InChI=1S/C11H17N5O2/c12-3-1-10(17)15-8-5-9(7-14-6-8)16-11(18)2-4-13/h5-7H,1-4,12-13H2,(H,15,17)(H,16,18). The highest BCUT2D eigenvalue weighted by Crippen LogP contribution is 2.13. The molecule has 1 rings (SSSR count).